The second-order valence-corrected chi connectivity index (χ2v) is 6.63. The van der Waals surface area contributed by atoms with Gasteiger partial charge in [0.15, 0.2) is 18.1 Å². The Morgan fingerprint density at radius 3 is 2.52 bits per heavy atom. The molecule has 0 bridgehead atoms. The molecule has 0 unspecified atom stereocenters. The molecule has 29 heavy (non-hydrogen) atoms. The summed E-state index contributed by atoms with van der Waals surface area (Å²) in [6.07, 6.45) is 0. The molecule has 152 valence electrons. The normalized spacial score (nSPS) is 10.6. The van der Waals surface area contributed by atoms with Crippen LogP contribution in [0.15, 0.2) is 51.7 Å². The number of carbonyl (C=O) groups is 1. The van der Waals surface area contributed by atoms with E-state index in [4.69, 9.17) is 18.6 Å². The molecule has 0 saturated carbocycles. The highest BCUT2D eigenvalue weighted by molar-refractivity contribution is 5.81. The minimum atomic E-state index is -0.419. The Morgan fingerprint density at radius 1 is 1.03 bits per heavy atom. The molecule has 0 aliphatic heterocycles. The molecule has 0 saturated heterocycles. The van der Waals surface area contributed by atoms with Gasteiger partial charge in [-0.2, -0.15) is 0 Å². The van der Waals surface area contributed by atoms with Crippen LogP contribution in [0.1, 0.15) is 11.1 Å². The number of rotatable bonds is 7. The highest BCUT2D eigenvalue weighted by Crippen LogP contribution is 2.28. The lowest BCUT2D eigenvalue weighted by atomic mass is 10.1. The molecule has 3 rings (SSSR count). The van der Waals surface area contributed by atoms with Gasteiger partial charge in [-0.25, -0.2) is 4.79 Å². The van der Waals surface area contributed by atoms with E-state index in [0.717, 1.165) is 16.5 Å². The Balaban J connectivity index is 1.64. The molecule has 1 aromatic heterocycles. The molecule has 0 N–H and O–H groups in total. The van der Waals surface area contributed by atoms with Crippen LogP contribution in [0.4, 0.5) is 0 Å². The van der Waals surface area contributed by atoms with Gasteiger partial charge < -0.3 is 23.5 Å². The Labute approximate surface area is 168 Å². The van der Waals surface area contributed by atoms with E-state index in [-0.39, 0.29) is 12.5 Å². The molecule has 0 aliphatic carbocycles. The lowest BCUT2D eigenvalue weighted by molar-refractivity contribution is -0.132. The van der Waals surface area contributed by atoms with Crippen LogP contribution in [0.3, 0.4) is 0 Å². The summed E-state index contributed by atoms with van der Waals surface area (Å²) in [6.45, 7) is 2.10. The zero-order chi connectivity index (χ0) is 21.0. The zero-order valence-electron chi connectivity index (χ0n) is 16.9. The highest BCUT2D eigenvalue weighted by atomic mass is 16.5. The third-order valence-electron chi connectivity index (χ3n) is 4.58. The van der Waals surface area contributed by atoms with Crippen LogP contribution >= 0.6 is 0 Å². The van der Waals surface area contributed by atoms with Crippen LogP contribution in [-0.4, -0.2) is 38.7 Å². The van der Waals surface area contributed by atoms with E-state index in [1.807, 2.05) is 19.1 Å². The van der Waals surface area contributed by atoms with Crippen molar-refractivity contribution < 1.29 is 23.4 Å². The fourth-order valence-corrected chi connectivity index (χ4v) is 2.99. The van der Waals surface area contributed by atoms with E-state index in [9.17, 15) is 9.59 Å². The maximum Gasteiger partial charge on any atom is 0.336 e. The van der Waals surface area contributed by atoms with Gasteiger partial charge in [0.1, 0.15) is 11.3 Å². The predicted molar refractivity (Wildman–Crippen MR) is 109 cm³/mol. The van der Waals surface area contributed by atoms with Crippen LogP contribution in [0.2, 0.25) is 0 Å². The van der Waals surface area contributed by atoms with Gasteiger partial charge in [0.05, 0.1) is 14.2 Å². The molecule has 7 nitrogen and oxygen atoms in total. The number of nitrogens with zero attached hydrogens (tertiary/aromatic N) is 1. The second kappa shape index (κ2) is 8.68. The van der Waals surface area contributed by atoms with Gasteiger partial charge in [-0.15, -0.1) is 0 Å². The average molecular weight is 397 g/mol. The van der Waals surface area contributed by atoms with Gasteiger partial charge in [0.2, 0.25) is 0 Å². The molecule has 1 amide bonds. The van der Waals surface area contributed by atoms with Gasteiger partial charge in [0, 0.05) is 31.1 Å². The SMILES string of the molecule is COc1ccc(CN(C)C(=O)COc2ccc3c(C)cc(=O)oc3c2)cc1OC. The minimum Gasteiger partial charge on any atom is -0.493 e. The second-order valence-electron chi connectivity index (χ2n) is 6.63. The summed E-state index contributed by atoms with van der Waals surface area (Å²) >= 11 is 0. The summed E-state index contributed by atoms with van der Waals surface area (Å²) in [5.41, 5.74) is 1.74. The van der Waals surface area contributed by atoms with Crippen molar-refractivity contribution in [1.29, 1.82) is 0 Å². The molecule has 7 heteroatoms. The Hall–Kier alpha value is -3.48. The highest BCUT2D eigenvalue weighted by Gasteiger charge is 2.13. The topological polar surface area (TPSA) is 78.2 Å². The summed E-state index contributed by atoms with van der Waals surface area (Å²) in [7, 11) is 4.84. The molecule has 0 aliphatic rings. The zero-order valence-corrected chi connectivity index (χ0v) is 16.9. The minimum absolute atomic E-state index is 0.134. The Morgan fingerprint density at radius 2 is 1.79 bits per heavy atom. The number of likely N-dealkylation sites (N-methyl/N-ethyl adjacent to an activating group) is 1. The number of hydrogen-bond donors (Lipinski definition) is 0. The van der Waals surface area contributed by atoms with Crippen molar-refractivity contribution in [2.24, 2.45) is 0 Å². The van der Waals surface area contributed by atoms with Crippen LogP contribution in [-0.2, 0) is 11.3 Å². The van der Waals surface area contributed by atoms with Crippen molar-refractivity contribution in [2.75, 3.05) is 27.9 Å². The van der Waals surface area contributed by atoms with E-state index in [1.165, 1.54) is 6.07 Å². The van der Waals surface area contributed by atoms with Gasteiger partial charge >= 0.3 is 5.63 Å². The maximum absolute atomic E-state index is 12.4. The summed E-state index contributed by atoms with van der Waals surface area (Å²) in [6, 6.07) is 12.1. The molecular formula is C22H23NO6. The van der Waals surface area contributed by atoms with Crippen molar-refractivity contribution >= 4 is 16.9 Å². The van der Waals surface area contributed by atoms with Gasteiger partial charge in [0.25, 0.3) is 5.91 Å². The summed E-state index contributed by atoms with van der Waals surface area (Å²) < 4.78 is 21.3. The van der Waals surface area contributed by atoms with Crippen LogP contribution in [0, 0.1) is 6.92 Å². The van der Waals surface area contributed by atoms with Crippen molar-refractivity contribution in [1.82, 2.24) is 4.90 Å². The number of carbonyl (C=O) groups excluding carboxylic acids is 1. The Bertz CT molecular complexity index is 1090. The molecule has 3 aromatic rings. The third kappa shape index (κ3) is 4.68. The van der Waals surface area contributed by atoms with Crippen LogP contribution in [0.25, 0.3) is 11.0 Å². The number of ether oxygens (including phenoxy) is 3. The number of hydrogen-bond acceptors (Lipinski definition) is 6. The number of fused-ring (bicyclic) bond motifs is 1. The lowest BCUT2D eigenvalue weighted by Crippen LogP contribution is -2.30. The van der Waals surface area contributed by atoms with Gasteiger partial charge in [-0.1, -0.05) is 6.07 Å². The first kappa shape index (κ1) is 20.3. The van der Waals surface area contributed by atoms with E-state index in [2.05, 4.69) is 0 Å². The van der Waals surface area contributed by atoms with Gasteiger partial charge in [-0.05, 0) is 42.3 Å². The van der Waals surface area contributed by atoms with Crippen molar-refractivity contribution in [3.63, 3.8) is 0 Å². The van der Waals surface area contributed by atoms with E-state index in [0.29, 0.717) is 29.4 Å². The molecule has 0 atom stereocenters. The summed E-state index contributed by atoms with van der Waals surface area (Å²) in [4.78, 5) is 25.5. The first-order chi connectivity index (χ1) is 13.9. The largest absolute Gasteiger partial charge is 0.493 e. The van der Waals surface area contributed by atoms with Crippen molar-refractivity contribution in [2.45, 2.75) is 13.5 Å². The molecular weight excluding hydrogens is 374 g/mol. The average Bonchev–Trinajstić information content (AvgIpc) is 2.71. The number of methoxy groups -OCH3 is 2. The van der Waals surface area contributed by atoms with E-state index >= 15 is 0 Å². The Kier molecular flexibility index (Phi) is 6.07. The molecule has 2 aromatic carbocycles. The third-order valence-corrected chi connectivity index (χ3v) is 4.58. The first-order valence-electron chi connectivity index (χ1n) is 9.03. The van der Waals surface area contributed by atoms with Gasteiger partial charge in [-0.3, -0.25) is 4.79 Å². The quantitative estimate of drug-likeness (QED) is 0.570. The first-order valence-corrected chi connectivity index (χ1v) is 9.03. The number of aryl methyl sites for hydroxylation is 1. The monoisotopic (exact) mass is 397 g/mol. The summed E-state index contributed by atoms with van der Waals surface area (Å²) in [5.74, 6) is 1.51. The van der Waals surface area contributed by atoms with Crippen LogP contribution in [0.5, 0.6) is 17.2 Å². The van der Waals surface area contributed by atoms with E-state index < -0.39 is 5.63 Å². The fourth-order valence-electron chi connectivity index (χ4n) is 2.99. The number of benzene rings is 2. The fraction of sp³-hybridized carbons (Fsp3) is 0.273. The molecule has 0 fully saturated rings. The van der Waals surface area contributed by atoms with Crippen LogP contribution < -0.4 is 19.8 Å². The molecule has 1 heterocycles. The molecule has 0 spiro atoms. The van der Waals surface area contributed by atoms with Crippen molar-refractivity contribution in [3.05, 3.63) is 64.0 Å². The van der Waals surface area contributed by atoms with E-state index in [1.54, 1.807) is 50.4 Å². The smallest absolute Gasteiger partial charge is 0.336 e. The maximum atomic E-state index is 12.4. The predicted octanol–water partition coefficient (Wildman–Crippen LogP) is 3.16. The molecule has 0 radical (unpaired) electrons. The lowest BCUT2D eigenvalue weighted by Gasteiger charge is -2.18. The number of amides is 1. The summed E-state index contributed by atoms with van der Waals surface area (Å²) in [5, 5.41) is 0.828. The standard InChI is InChI=1S/C22H23NO6/c1-14-9-22(25)29-19-11-16(6-7-17(14)19)28-13-21(24)23(2)12-15-5-8-18(26-3)20(10-15)27-4/h5-11H,12-13H2,1-4H3. The van der Waals surface area contributed by atoms with Crippen molar-refractivity contribution in [3.8, 4) is 17.2 Å².